The molecule has 0 aliphatic heterocycles. The molecule has 1 aromatic heterocycles. The van der Waals surface area contributed by atoms with E-state index in [0.717, 1.165) is 17.3 Å². The topological polar surface area (TPSA) is 49.8 Å². The molecular weight excluding hydrogens is 341 g/mol. The zero-order valence-corrected chi connectivity index (χ0v) is 14.2. The third-order valence-electron chi connectivity index (χ3n) is 3.91. The first kappa shape index (κ1) is 17.7. The van der Waals surface area contributed by atoms with Crippen molar-refractivity contribution in [2.45, 2.75) is 20.0 Å². The number of anilines is 4. The average molecular weight is 358 g/mol. The number of nitrogens with one attached hydrogen (secondary N) is 2. The van der Waals surface area contributed by atoms with E-state index in [-0.39, 0.29) is 11.6 Å². The lowest BCUT2D eigenvalue weighted by molar-refractivity contribution is -0.136. The standard InChI is InChI=1S/C19H17F3N4/c1-12-7-8-14(11-13(12)2)24-17-9-10-23-18(26-17)25-16-6-4-3-5-15(16)19(20,21)22/h3-11H,1-2H3,(H2,23,24,25,26). The third-order valence-corrected chi connectivity index (χ3v) is 3.91. The van der Waals surface area contributed by atoms with Gasteiger partial charge in [-0.15, -0.1) is 0 Å². The second-order valence-electron chi connectivity index (χ2n) is 5.86. The molecule has 3 aromatic rings. The van der Waals surface area contributed by atoms with Gasteiger partial charge in [0.15, 0.2) is 0 Å². The van der Waals surface area contributed by atoms with Crippen LogP contribution in [0.2, 0.25) is 0 Å². The van der Waals surface area contributed by atoms with Gasteiger partial charge in [0.2, 0.25) is 5.95 Å². The summed E-state index contributed by atoms with van der Waals surface area (Å²) in [6, 6.07) is 12.7. The molecule has 2 aromatic carbocycles. The molecule has 0 amide bonds. The molecule has 0 saturated heterocycles. The van der Waals surface area contributed by atoms with Crippen molar-refractivity contribution in [1.29, 1.82) is 0 Å². The Hall–Kier alpha value is -3.09. The Morgan fingerprint density at radius 1 is 0.885 bits per heavy atom. The highest BCUT2D eigenvalue weighted by atomic mass is 19.4. The normalized spacial score (nSPS) is 11.3. The molecule has 4 nitrogen and oxygen atoms in total. The molecule has 0 unspecified atom stereocenters. The summed E-state index contributed by atoms with van der Waals surface area (Å²) in [5.41, 5.74) is 2.28. The van der Waals surface area contributed by atoms with Gasteiger partial charge >= 0.3 is 6.18 Å². The number of para-hydroxylation sites is 1. The molecule has 0 aliphatic carbocycles. The minimum absolute atomic E-state index is 0.0792. The SMILES string of the molecule is Cc1ccc(Nc2ccnc(Nc3ccccc3C(F)(F)F)n2)cc1C. The molecule has 2 N–H and O–H groups in total. The van der Waals surface area contributed by atoms with Crippen LogP contribution in [0.4, 0.5) is 36.3 Å². The lowest BCUT2D eigenvalue weighted by Crippen LogP contribution is -2.09. The van der Waals surface area contributed by atoms with Gasteiger partial charge in [0.25, 0.3) is 0 Å². The molecule has 0 atom stereocenters. The maximum Gasteiger partial charge on any atom is 0.418 e. The van der Waals surface area contributed by atoms with Crippen molar-refractivity contribution < 1.29 is 13.2 Å². The number of rotatable bonds is 4. The fourth-order valence-corrected chi connectivity index (χ4v) is 2.42. The van der Waals surface area contributed by atoms with Crippen LogP contribution in [0.25, 0.3) is 0 Å². The molecule has 3 rings (SSSR count). The van der Waals surface area contributed by atoms with Crippen molar-refractivity contribution in [2.24, 2.45) is 0 Å². The van der Waals surface area contributed by atoms with E-state index in [1.54, 1.807) is 6.07 Å². The summed E-state index contributed by atoms with van der Waals surface area (Å²) in [5, 5.41) is 5.77. The Balaban J connectivity index is 1.83. The van der Waals surface area contributed by atoms with Gasteiger partial charge in [0.05, 0.1) is 11.3 Å². The van der Waals surface area contributed by atoms with Crippen LogP contribution in [-0.4, -0.2) is 9.97 Å². The second-order valence-corrected chi connectivity index (χ2v) is 5.86. The molecule has 0 bridgehead atoms. The maximum atomic E-state index is 13.1. The molecule has 0 aliphatic rings. The Morgan fingerprint density at radius 2 is 1.65 bits per heavy atom. The maximum absolute atomic E-state index is 13.1. The Labute approximate surface area is 149 Å². The van der Waals surface area contributed by atoms with E-state index in [9.17, 15) is 13.2 Å². The molecule has 0 fully saturated rings. The van der Waals surface area contributed by atoms with Gasteiger partial charge in [-0.25, -0.2) is 4.98 Å². The van der Waals surface area contributed by atoms with Crippen LogP contribution < -0.4 is 10.6 Å². The van der Waals surface area contributed by atoms with E-state index >= 15 is 0 Å². The van der Waals surface area contributed by atoms with E-state index in [2.05, 4.69) is 20.6 Å². The molecule has 134 valence electrons. The van der Waals surface area contributed by atoms with Crippen molar-refractivity contribution in [2.75, 3.05) is 10.6 Å². The number of halogens is 3. The van der Waals surface area contributed by atoms with Crippen LogP contribution in [0.5, 0.6) is 0 Å². The quantitative estimate of drug-likeness (QED) is 0.637. The van der Waals surface area contributed by atoms with Crippen LogP contribution in [0.3, 0.4) is 0 Å². The first-order valence-electron chi connectivity index (χ1n) is 7.93. The fraction of sp³-hybridized carbons (Fsp3) is 0.158. The molecule has 7 heteroatoms. The number of nitrogens with zero attached hydrogens (tertiary/aromatic N) is 2. The van der Waals surface area contributed by atoms with Gasteiger partial charge in [-0.05, 0) is 55.3 Å². The molecule has 0 saturated carbocycles. The highest BCUT2D eigenvalue weighted by Gasteiger charge is 2.33. The summed E-state index contributed by atoms with van der Waals surface area (Å²) in [6.45, 7) is 4.02. The second kappa shape index (κ2) is 7.03. The lowest BCUT2D eigenvalue weighted by Gasteiger charge is -2.14. The zero-order chi connectivity index (χ0) is 18.7. The first-order valence-corrected chi connectivity index (χ1v) is 7.93. The van der Waals surface area contributed by atoms with Crippen LogP contribution in [-0.2, 0) is 6.18 Å². The molecule has 1 heterocycles. The number of benzene rings is 2. The molecule has 0 radical (unpaired) electrons. The predicted molar refractivity (Wildman–Crippen MR) is 96.0 cm³/mol. The highest BCUT2D eigenvalue weighted by molar-refractivity contribution is 5.62. The Kier molecular flexibility index (Phi) is 4.79. The summed E-state index contributed by atoms with van der Waals surface area (Å²) in [7, 11) is 0. The van der Waals surface area contributed by atoms with Gasteiger partial charge in [-0.2, -0.15) is 18.2 Å². The average Bonchev–Trinajstić information content (AvgIpc) is 2.58. The minimum Gasteiger partial charge on any atom is -0.340 e. The summed E-state index contributed by atoms with van der Waals surface area (Å²) < 4.78 is 39.3. The van der Waals surface area contributed by atoms with E-state index in [1.165, 1.54) is 30.0 Å². The van der Waals surface area contributed by atoms with Gasteiger partial charge in [-0.1, -0.05) is 18.2 Å². The summed E-state index contributed by atoms with van der Waals surface area (Å²) in [4.78, 5) is 8.24. The highest BCUT2D eigenvalue weighted by Crippen LogP contribution is 2.35. The van der Waals surface area contributed by atoms with Gasteiger partial charge in [-0.3, -0.25) is 0 Å². The van der Waals surface area contributed by atoms with Crippen molar-refractivity contribution >= 4 is 23.1 Å². The third kappa shape index (κ3) is 4.11. The smallest absolute Gasteiger partial charge is 0.340 e. The monoisotopic (exact) mass is 358 g/mol. The Morgan fingerprint density at radius 3 is 2.38 bits per heavy atom. The van der Waals surface area contributed by atoms with Crippen LogP contribution in [0, 0.1) is 13.8 Å². The molecule has 0 spiro atoms. The van der Waals surface area contributed by atoms with Crippen molar-refractivity contribution in [1.82, 2.24) is 9.97 Å². The van der Waals surface area contributed by atoms with E-state index in [1.807, 2.05) is 32.0 Å². The summed E-state index contributed by atoms with van der Waals surface area (Å²) >= 11 is 0. The minimum atomic E-state index is -4.46. The largest absolute Gasteiger partial charge is 0.418 e. The number of aromatic nitrogens is 2. The summed E-state index contributed by atoms with van der Waals surface area (Å²) in [6.07, 6.45) is -2.98. The van der Waals surface area contributed by atoms with Crippen LogP contribution >= 0.6 is 0 Å². The summed E-state index contributed by atoms with van der Waals surface area (Å²) in [5.74, 6) is 0.561. The van der Waals surface area contributed by atoms with Crippen molar-refractivity contribution in [3.63, 3.8) is 0 Å². The number of hydrogen-bond acceptors (Lipinski definition) is 4. The van der Waals surface area contributed by atoms with Crippen LogP contribution in [0.1, 0.15) is 16.7 Å². The number of hydrogen-bond donors (Lipinski definition) is 2. The van der Waals surface area contributed by atoms with Gasteiger partial charge in [0.1, 0.15) is 5.82 Å². The van der Waals surface area contributed by atoms with Gasteiger partial charge in [0, 0.05) is 11.9 Å². The number of alkyl halides is 3. The van der Waals surface area contributed by atoms with Crippen molar-refractivity contribution in [3.8, 4) is 0 Å². The fourth-order valence-electron chi connectivity index (χ4n) is 2.42. The zero-order valence-electron chi connectivity index (χ0n) is 14.2. The van der Waals surface area contributed by atoms with Crippen LogP contribution in [0.15, 0.2) is 54.7 Å². The van der Waals surface area contributed by atoms with E-state index in [0.29, 0.717) is 5.82 Å². The van der Waals surface area contributed by atoms with Crippen molar-refractivity contribution in [3.05, 3.63) is 71.4 Å². The van der Waals surface area contributed by atoms with E-state index in [4.69, 9.17) is 0 Å². The first-order chi connectivity index (χ1) is 12.3. The predicted octanol–water partition coefficient (Wildman–Crippen LogP) is 5.60. The lowest BCUT2D eigenvalue weighted by atomic mass is 10.1. The molecular formula is C19H17F3N4. The van der Waals surface area contributed by atoms with E-state index < -0.39 is 11.7 Å². The number of aryl methyl sites for hydroxylation is 2. The Bertz CT molecular complexity index is 923. The van der Waals surface area contributed by atoms with Gasteiger partial charge < -0.3 is 10.6 Å². The molecule has 26 heavy (non-hydrogen) atoms.